The predicted molar refractivity (Wildman–Crippen MR) is 90.3 cm³/mol. The zero-order valence-corrected chi connectivity index (χ0v) is 14.9. The SMILES string of the molecule is CC(C)(C)OC(=O)Oc1ccc2c(C(=O)OC(C)(C)C)c[nH]c2c1. The second-order valence-electron chi connectivity index (χ2n) is 7.48. The Morgan fingerprint density at radius 1 is 0.958 bits per heavy atom. The van der Waals surface area contributed by atoms with Crippen LogP contribution in [0.15, 0.2) is 24.4 Å². The number of aromatic amines is 1. The topological polar surface area (TPSA) is 77.6 Å². The molecule has 0 atom stereocenters. The van der Waals surface area contributed by atoms with Crippen molar-refractivity contribution in [1.82, 2.24) is 4.98 Å². The molecule has 0 aliphatic heterocycles. The molecule has 0 aliphatic carbocycles. The van der Waals surface area contributed by atoms with Crippen molar-refractivity contribution in [2.45, 2.75) is 52.7 Å². The molecule has 130 valence electrons. The molecule has 2 rings (SSSR count). The number of hydrogen-bond acceptors (Lipinski definition) is 5. The largest absolute Gasteiger partial charge is 0.514 e. The Hall–Kier alpha value is -2.50. The third-order valence-corrected chi connectivity index (χ3v) is 2.86. The highest BCUT2D eigenvalue weighted by Crippen LogP contribution is 2.25. The van der Waals surface area contributed by atoms with Crippen molar-refractivity contribution in [3.05, 3.63) is 30.0 Å². The van der Waals surface area contributed by atoms with Gasteiger partial charge in [-0.3, -0.25) is 0 Å². The summed E-state index contributed by atoms with van der Waals surface area (Å²) in [6.07, 6.45) is 0.802. The van der Waals surface area contributed by atoms with Gasteiger partial charge in [-0.05, 0) is 53.7 Å². The number of fused-ring (bicyclic) bond motifs is 1. The van der Waals surface area contributed by atoms with Crippen LogP contribution in [-0.2, 0) is 9.47 Å². The van der Waals surface area contributed by atoms with Crippen molar-refractivity contribution >= 4 is 23.0 Å². The van der Waals surface area contributed by atoms with Crippen molar-refractivity contribution in [2.75, 3.05) is 0 Å². The lowest BCUT2D eigenvalue weighted by molar-refractivity contribution is 0.00705. The quantitative estimate of drug-likeness (QED) is 0.649. The summed E-state index contributed by atoms with van der Waals surface area (Å²) in [7, 11) is 0. The Morgan fingerprint density at radius 2 is 1.58 bits per heavy atom. The first-order valence-electron chi connectivity index (χ1n) is 7.70. The Balaban J connectivity index is 2.19. The Kier molecular flexibility index (Phi) is 4.60. The van der Waals surface area contributed by atoms with Crippen LogP contribution >= 0.6 is 0 Å². The standard InChI is InChI=1S/C18H23NO5/c1-17(2,3)23-15(20)13-10-19-14-9-11(7-8-12(13)14)22-16(21)24-18(4,5)6/h7-10,19H,1-6H3. The molecule has 0 saturated carbocycles. The Bertz CT molecular complexity index is 762. The second kappa shape index (κ2) is 6.19. The molecule has 0 fully saturated rings. The van der Waals surface area contributed by atoms with Gasteiger partial charge in [-0.15, -0.1) is 0 Å². The number of rotatable bonds is 2. The summed E-state index contributed by atoms with van der Waals surface area (Å²) in [4.78, 5) is 26.9. The molecule has 6 heteroatoms. The van der Waals surface area contributed by atoms with Gasteiger partial charge < -0.3 is 19.2 Å². The van der Waals surface area contributed by atoms with E-state index >= 15 is 0 Å². The molecule has 0 spiro atoms. The van der Waals surface area contributed by atoms with E-state index in [4.69, 9.17) is 14.2 Å². The van der Waals surface area contributed by atoms with Crippen LogP contribution in [0.3, 0.4) is 0 Å². The van der Waals surface area contributed by atoms with E-state index in [0.717, 1.165) is 0 Å². The molecule has 0 unspecified atom stereocenters. The average Bonchev–Trinajstić information content (AvgIpc) is 2.77. The summed E-state index contributed by atoms with van der Waals surface area (Å²) in [6.45, 7) is 10.7. The molecule has 0 aliphatic rings. The summed E-state index contributed by atoms with van der Waals surface area (Å²) < 4.78 is 15.6. The number of ether oxygens (including phenoxy) is 3. The minimum Gasteiger partial charge on any atom is -0.456 e. The van der Waals surface area contributed by atoms with Crippen LogP contribution in [0.2, 0.25) is 0 Å². The molecule has 1 aromatic heterocycles. The molecule has 1 N–H and O–H groups in total. The predicted octanol–water partition coefficient (Wildman–Crippen LogP) is 4.44. The summed E-state index contributed by atoms with van der Waals surface area (Å²) in [5, 5.41) is 0.695. The van der Waals surface area contributed by atoms with Crippen molar-refractivity contribution in [3.63, 3.8) is 0 Å². The van der Waals surface area contributed by atoms with Crippen molar-refractivity contribution in [1.29, 1.82) is 0 Å². The monoisotopic (exact) mass is 333 g/mol. The van der Waals surface area contributed by atoms with Gasteiger partial charge in [-0.2, -0.15) is 0 Å². The van der Waals surface area contributed by atoms with Gasteiger partial charge in [0.25, 0.3) is 0 Å². The highest BCUT2D eigenvalue weighted by molar-refractivity contribution is 6.04. The normalized spacial score (nSPS) is 12.1. The Labute approximate surface area is 141 Å². The van der Waals surface area contributed by atoms with Crippen LogP contribution in [0.4, 0.5) is 4.79 Å². The molecular formula is C18H23NO5. The van der Waals surface area contributed by atoms with E-state index in [1.165, 1.54) is 0 Å². The third kappa shape index (κ3) is 4.75. The number of benzene rings is 1. The fourth-order valence-electron chi connectivity index (χ4n) is 2.04. The van der Waals surface area contributed by atoms with Gasteiger partial charge in [0.05, 0.1) is 5.56 Å². The molecule has 0 bridgehead atoms. The summed E-state index contributed by atoms with van der Waals surface area (Å²) >= 11 is 0. The van der Waals surface area contributed by atoms with Crippen LogP contribution in [0.25, 0.3) is 10.9 Å². The molecule has 0 amide bonds. The maximum absolute atomic E-state index is 12.2. The van der Waals surface area contributed by atoms with Crippen molar-refractivity contribution in [3.8, 4) is 5.75 Å². The fourth-order valence-corrected chi connectivity index (χ4v) is 2.04. The second-order valence-corrected chi connectivity index (χ2v) is 7.48. The Morgan fingerprint density at radius 3 is 2.17 bits per heavy atom. The van der Waals surface area contributed by atoms with Crippen LogP contribution in [-0.4, -0.2) is 28.3 Å². The third-order valence-electron chi connectivity index (χ3n) is 2.86. The first kappa shape index (κ1) is 17.8. The molecular weight excluding hydrogens is 310 g/mol. The molecule has 0 saturated heterocycles. The molecule has 2 aromatic rings. The van der Waals surface area contributed by atoms with E-state index in [9.17, 15) is 9.59 Å². The molecule has 6 nitrogen and oxygen atoms in total. The van der Waals surface area contributed by atoms with Gasteiger partial charge in [-0.25, -0.2) is 9.59 Å². The summed E-state index contributed by atoms with van der Waals surface area (Å²) in [5.74, 6) is -0.0797. The number of carbonyl (C=O) groups excluding carboxylic acids is 2. The smallest absolute Gasteiger partial charge is 0.456 e. The maximum Gasteiger partial charge on any atom is 0.514 e. The van der Waals surface area contributed by atoms with E-state index < -0.39 is 23.3 Å². The average molecular weight is 333 g/mol. The highest BCUT2D eigenvalue weighted by atomic mass is 16.7. The minimum absolute atomic E-state index is 0.328. The zero-order chi connectivity index (χ0) is 18.1. The van der Waals surface area contributed by atoms with Gasteiger partial charge in [0.2, 0.25) is 0 Å². The van der Waals surface area contributed by atoms with Crippen LogP contribution in [0, 0.1) is 0 Å². The van der Waals surface area contributed by atoms with Gasteiger partial charge >= 0.3 is 12.1 Å². The van der Waals surface area contributed by atoms with Crippen molar-refractivity contribution < 1.29 is 23.8 Å². The van der Waals surface area contributed by atoms with E-state index in [-0.39, 0.29) is 0 Å². The van der Waals surface area contributed by atoms with E-state index in [1.807, 2.05) is 20.8 Å². The summed E-state index contributed by atoms with van der Waals surface area (Å²) in [6, 6.07) is 4.94. The van der Waals surface area contributed by atoms with Crippen LogP contribution in [0.1, 0.15) is 51.9 Å². The summed E-state index contributed by atoms with van der Waals surface area (Å²) in [5.41, 5.74) is -0.0987. The number of carbonyl (C=O) groups is 2. The lowest BCUT2D eigenvalue weighted by atomic mass is 10.1. The molecule has 24 heavy (non-hydrogen) atoms. The maximum atomic E-state index is 12.2. The molecule has 1 heterocycles. The van der Waals surface area contributed by atoms with Gasteiger partial charge in [0, 0.05) is 23.2 Å². The number of hydrogen-bond donors (Lipinski definition) is 1. The number of aromatic nitrogens is 1. The number of nitrogens with one attached hydrogen (secondary N) is 1. The van der Waals surface area contributed by atoms with Crippen LogP contribution in [0.5, 0.6) is 5.75 Å². The molecule has 0 radical (unpaired) electrons. The van der Waals surface area contributed by atoms with Gasteiger partial charge in [-0.1, -0.05) is 0 Å². The lowest BCUT2D eigenvalue weighted by Crippen LogP contribution is -2.25. The lowest BCUT2D eigenvalue weighted by Gasteiger charge is -2.19. The molecule has 1 aromatic carbocycles. The van der Waals surface area contributed by atoms with E-state index in [1.54, 1.807) is 45.2 Å². The van der Waals surface area contributed by atoms with Crippen molar-refractivity contribution in [2.24, 2.45) is 0 Å². The first-order chi connectivity index (χ1) is 10.9. The number of H-pyrrole nitrogens is 1. The van der Waals surface area contributed by atoms with Crippen LogP contribution < -0.4 is 4.74 Å². The highest BCUT2D eigenvalue weighted by Gasteiger charge is 2.21. The fraction of sp³-hybridized carbons (Fsp3) is 0.444. The van der Waals surface area contributed by atoms with E-state index in [0.29, 0.717) is 22.2 Å². The first-order valence-corrected chi connectivity index (χ1v) is 7.70. The zero-order valence-electron chi connectivity index (χ0n) is 14.9. The van der Waals surface area contributed by atoms with Gasteiger partial charge in [0.15, 0.2) is 0 Å². The van der Waals surface area contributed by atoms with E-state index in [2.05, 4.69) is 4.98 Å². The minimum atomic E-state index is -0.777. The number of esters is 1. The van der Waals surface area contributed by atoms with Gasteiger partial charge in [0.1, 0.15) is 17.0 Å².